The standard InChI is InChI=1S/C17H35N3O2/c1-14-7-6-9-20(11-14)17(4,5)13-19-15(22)18-12-16(2,3)8-10-21/h14,21H,6-13H2,1-5H3,(H2,18,19,22). The van der Waals surface area contributed by atoms with Crippen molar-refractivity contribution in [3.8, 4) is 0 Å². The van der Waals surface area contributed by atoms with Crippen LogP contribution >= 0.6 is 0 Å². The number of aliphatic hydroxyl groups excluding tert-OH is 1. The summed E-state index contributed by atoms with van der Waals surface area (Å²) in [6.07, 6.45) is 3.23. The highest BCUT2D eigenvalue weighted by atomic mass is 16.3. The van der Waals surface area contributed by atoms with Crippen molar-refractivity contribution in [3.05, 3.63) is 0 Å². The van der Waals surface area contributed by atoms with Crippen molar-refractivity contribution in [1.82, 2.24) is 15.5 Å². The van der Waals surface area contributed by atoms with Gasteiger partial charge in [0.2, 0.25) is 0 Å². The largest absolute Gasteiger partial charge is 0.396 e. The molecule has 2 amide bonds. The van der Waals surface area contributed by atoms with Crippen LogP contribution in [0.5, 0.6) is 0 Å². The molecule has 1 saturated heterocycles. The Balaban J connectivity index is 2.35. The van der Waals surface area contributed by atoms with Crippen LogP contribution in [0.15, 0.2) is 0 Å². The molecule has 0 aromatic heterocycles. The molecule has 5 heteroatoms. The SMILES string of the molecule is CC1CCCN(C(C)(C)CNC(=O)NCC(C)(C)CCO)C1. The van der Waals surface area contributed by atoms with Gasteiger partial charge in [0.1, 0.15) is 0 Å². The Morgan fingerprint density at radius 3 is 2.45 bits per heavy atom. The maximum atomic E-state index is 12.0. The zero-order valence-corrected chi connectivity index (χ0v) is 15.0. The minimum Gasteiger partial charge on any atom is -0.396 e. The molecule has 130 valence electrons. The van der Waals surface area contributed by atoms with E-state index < -0.39 is 0 Å². The normalized spacial score (nSPS) is 20.7. The first kappa shape index (κ1) is 19.2. The Kier molecular flexibility index (Phi) is 7.13. The van der Waals surface area contributed by atoms with Gasteiger partial charge in [0.05, 0.1) is 0 Å². The van der Waals surface area contributed by atoms with Crippen molar-refractivity contribution in [2.75, 3.05) is 32.8 Å². The fraction of sp³-hybridized carbons (Fsp3) is 0.941. The summed E-state index contributed by atoms with van der Waals surface area (Å²) in [5, 5.41) is 14.9. The zero-order valence-electron chi connectivity index (χ0n) is 15.0. The van der Waals surface area contributed by atoms with Crippen LogP contribution in [0.2, 0.25) is 0 Å². The number of nitrogens with one attached hydrogen (secondary N) is 2. The van der Waals surface area contributed by atoms with Gasteiger partial charge in [-0.1, -0.05) is 20.8 Å². The highest BCUT2D eigenvalue weighted by molar-refractivity contribution is 5.73. The molecule has 0 aliphatic carbocycles. The second-order valence-electron chi connectivity index (χ2n) is 8.18. The minimum absolute atomic E-state index is 0.0212. The molecule has 1 aliphatic rings. The topological polar surface area (TPSA) is 64.6 Å². The van der Waals surface area contributed by atoms with Gasteiger partial charge in [0.15, 0.2) is 0 Å². The van der Waals surface area contributed by atoms with E-state index in [1.165, 1.54) is 12.8 Å². The number of hydrogen-bond donors (Lipinski definition) is 3. The van der Waals surface area contributed by atoms with Crippen LogP contribution < -0.4 is 10.6 Å². The number of urea groups is 1. The molecule has 1 unspecified atom stereocenters. The lowest BCUT2D eigenvalue weighted by molar-refractivity contribution is 0.0723. The van der Waals surface area contributed by atoms with E-state index in [1.54, 1.807) is 0 Å². The highest BCUT2D eigenvalue weighted by Crippen LogP contribution is 2.23. The number of aliphatic hydroxyl groups is 1. The lowest BCUT2D eigenvalue weighted by Crippen LogP contribution is -2.56. The van der Waals surface area contributed by atoms with Crippen molar-refractivity contribution in [2.45, 2.75) is 59.4 Å². The van der Waals surface area contributed by atoms with E-state index in [1.807, 2.05) is 13.8 Å². The van der Waals surface area contributed by atoms with Crippen molar-refractivity contribution in [1.29, 1.82) is 0 Å². The van der Waals surface area contributed by atoms with E-state index >= 15 is 0 Å². The van der Waals surface area contributed by atoms with E-state index in [0.29, 0.717) is 19.5 Å². The lowest BCUT2D eigenvalue weighted by Gasteiger charge is -2.43. The van der Waals surface area contributed by atoms with Gasteiger partial charge >= 0.3 is 6.03 Å². The van der Waals surface area contributed by atoms with Crippen LogP contribution in [0, 0.1) is 11.3 Å². The second kappa shape index (κ2) is 8.16. The monoisotopic (exact) mass is 313 g/mol. The average Bonchev–Trinajstić information content (AvgIpc) is 2.43. The number of carbonyl (C=O) groups is 1. The number of piperidine rings is 1. The second-order valence-corrected chi connectivity index (χ2v) is 8.18. The summed E-state index contributed by atoms with van der Waals surface area (Å²) in [6.45, 7) is 14.4. The highest BCUT2D eigenvalue weighted by Gasteiger charge is 2.30. The van der Waals surface area contributed by atoms with Crippen molar-refractivity contribution >= 4 is 6.03 Å². The maximum Gasteiger partial charge on any atom is 0.314 e. The molecule has 1 rings (SSSR count). The fourth-order valence-corrected chi connectivity index (χ4v) is 2.92. The van der Waals surface area contributed by atoms with E-state index in [0.717, 1.165) is 19.0 Å². The van der Waals surface area contributed by atoms with Crippen LogP contribution in [0.25, 0.3) is 0 Å². The Morgan fingerprint density at radius 2 is 1.86 bits per heavy atom. The van der Waals surface area contributed by atoms with Gasteiger partial charge in [-0.3, -0.25) is 4.90 Å². The smallest absolute Gasteiger partial charge is 0.314 e. The molecule has 1 aliphatic heterocycles. The van der Waals surface area contributed by atoms with Gasteiger partial charge in [-0.2, -0.15) is 0 Å². The fourth-order valence-electron chi connectivity index (χ4n) is 2.92. The van der Waals surface area contributed by atoms with Gasteiger partial charge in [-0.25, -0.2) is 4.79 Å². The number of likely N-dealkylation sites (tertiary alicyclic amines) is 1. The molecule has 0 saturated carbocycles. The van der Waals surface area contributed by atoms with Crippen molar-refractivity contribution in [3.63, 3.8) is 0 Å². The molecule has 0 spiro atoms. The van der Waals surface area contributed by atoms with Crippen molar-refractivity contribution < 1.29 is 9.90 Å². The minimum atomic E-state index is -0.121. The Labute approximate surface area is 135 Å². The van der Waals surface area contributed by atoms with Crippen LogP contribution in [0.4, 0.5) is 4.79 Å². The predicted molar refractivity (Wildman–Crippen MR) is 90.9 cm³/mol. The zero-order chi connectivity index (χ0) is 16.8. The first-order chi connectivity index (χ1) is 10.2. The van der Waals surface area contributed by atoms with Crippen LogP contribution in [-0.2, 0) is 0 Å². The number of amides is 2. The number of rotatable bonds is 7. The molecule has 0 radical (unpaired) electrons. The number of hydrogen-bond acceptors (Lipinski definition) is 3. The molecule has 0 aromatic rings. The first-order valence-corrected chi connectivity index (χ1v) is 8.54. The van der Waals surface area contributed by atoms with Crippen LogP contribution in [-0.4, -0.2) is 54.4 Å². The molecular weight excluding hydrogens is 278 g/mol. The molecule has 3 N–H and O–H groups in total. The third-order valence-corrected chi connectivity index (χ3v) is 4.71. The van der Waals surface area contributed by atoms with Crippen molar-refractivity contribution in [2.24, 2.45) is 11.3 Å². The molecule has 1 atom stereocenters. The maximum absolute atomic E-state index is 12.0. The molecule has 22 heavy (non-hydrogen) atoms. The Morgan fingerprint density at radius 1 is 1.23 bits per heavy atom. The van der Waals surface area contributed by atoms with Gasteiger partial charge < -0.3 is 15.7 Å². The Hall–Kier alpha value is -0.810. The molecule has 0 aromatic carbocycles. The summed E-state index contributed by atoms with van der Waals surface area (Å²) in [5.41, 5.74) is -0.101. The predicted octanol–water partition coefficient (Wildman–Crippen LogP) is 2.20. The third kappa shape index (κ3) is 6.53. The Bertz CT molecular complexity index is 356. The summed E-state index contributed by atoms with van der Waals surface area (Å²) < 4.78 is 0. The van der Waals surface area contributed by atoms with E-state index in [-0.39, 0.29) is 23.6 Å². The lowest BCUT2D eigenvalue weighted by atomic mass is 9.90. The summed E-state index contributed by atoms with van der Waals surface area (Å²) >= 11 is 0. The summed E-state index contributed by atoms with van der Waals surface area (Å²) in [4.78, 5) is 14.5. The third-order valence-electron chi connectivity index (χ3n) is 4.71. The molecule has 1 fully saturated rings. The van der Waals surface area contributed by atoms with Gasteiger partial charge in [-0.05, 0) is 51.0 Å². The summed E-state index contributed by atoms with van der Waals surface area (Å²) in [6, 6.07) is -0.121. The van der Waals surface area contributed by atoms with Gasteiger partial charge in [0, 0.05) is 31.8 Å². The number of nitrogens with zero attached hydrogens (tertiary/aromatic N) is 1. The van der Waals surface area contributed by atoms with E-state index in [2.05, 4.69) is 36.3 Å². The van der Waals surface area contributed by atoms with E-state index in [4.69, 9.17) is 5.11 Å². The van der Waals surface area contributed by atoms with Gasteiger partial charge in [-0.15, -0.1) is 0 Å². The van der Waals surface area contributed by atoms with Gasteiger partial charge in [0.25, 0.3) is 0 Å². The summed E-state index contributed by atoms with van der Waals surface area (Å²) in [5.74, 6) is 0.737. The average molecular weight is 313 g/mol. The summed E-state index contributed by atoms with van der Waals surface area (Å²) in [7, 11) is 0. The first-order valence-electron chi connectivity index (χ1n) is 8.54. The van der Waals surface area contributed by atoms with E-state index in [9.17, 15) is 4.79 Å². The molecule has 0 bridgehead atoms. The molecule has 5 nitrogen and oxygen atoms in total. The quantitative estimate of drug-likeness (QED) is 0.675. The van der Waals surface area contributed by atoms with Crippen LogP contribution in [0.1, 0.15) is 53.9 Å². The number of carbonyl (C=O) groups excluding carboxylic acids is 1. The molecular formula is C17H35N3O2. The van der Waals surface area contributed by atoms with Crippen LogP contribution in [0.3, 0.4) is 0 Å². The molecule has 1 heterocycles.